The highest BCUT2D eigenvalue weighted by molar-refractivity contribution is 6.16. The van der Waals surface area contributed by atoms with Crippen LogP contribution in [0.25, 0.3) is 150 Å². The Hall–Kier alpha value is -10.2. The second kappa shape index (κ2) is 17.3. The minimum atomic E-state index is 0.537. The van der Waals surface area contributed by atoms with E-state index in [4.69, 9.17) is 23.8 Å². The molecule has 15 aromatic rings. The lowest BCUT2D eigenvalue weighted by Crippen LogP contribution is -2.00. The third kappa shape index (κ3) is 7.14. The highest BCUT2D eigenvalue weighted by Crippen LogP contribution is 2.45. The van der Waals surface area contributed by atoms with Crippen molar-refractivity contribution in [3.63, 3.8) is 0 Å². The van der Waals surface area contributed by atoms with Crippen LogP contribution in [0.5, 0.6) is 0 Å². The Bertz CT molecular complexity index is 4690. The van der Waals surface area contributed by atoms with Crippen LogP contribution in [0.2, 0.25) is 0 Å². The molecule has 0 unspecified atom stereocenters. The van der Waals surface area contributed by atoms with Gasteiger partial charge in [0.25, 0.3) is 0 Å². The van der Waals surface area contributed by atoms with E-state index in [9.17, 15) is 0 Å². The maximum atomic E-state index is 6.92. The lowest BCUT2D eigenvalue weighted by atomic mass is 9.94. The summed E-state index contributed by atoms with van der Waals surface area (Å²) in [6.45, 7) is 0. The quantitative estimate of drug-likeness (QED) is 0.152. The van der Waals surface area contributed by atoms with Gasteiger partial charge in [0.2, 0.25) is 0 Å². The van der Waals surface area contributed by atoms with Crippen LogP contribution in [0, 0.1) is 0 Å². The van der Waals surface area contributed by atoms with Gasteiger partial charge < -0.3 is 13.4 Å². The maximum absolute atomic E-state index is 6.92. The fourth-order valence-corrected chi connectivity index (χ4v) is 11.1. The zero-order valence-corrected chi connectivity index (χ0v) is 40.4. The van der Waals surface area contributed by atoms with Crippen molar-refractivity contribution in [3.8, 4) is 84.4 Å². The monoisotopic (exact) mass is 958 g/mol. The molecule has 0 saturated heterocycles. The number of hydrogen-bond acceptors (Lipinski definition) is 5. The summed E-state index contributed by atoms with van der Waals surface area (Å²) in [5.74, 6) is 1.71. The Morgan fingerprint density at radius 1 is 0.267 bits per heavy atom. The zero-order valence-electron chi connectivity index (χ0n) is 40.4. The number of nitrogens with zero attached hydrogens (tertiary/aromatic N) is 4. The van der Waals surface area contributed by atoms with Crippen molar-refractivity contribution in [1.29, 1.82) is 0 Å². The molecule has 15 rings (SSSR count). The van der Waals surface area contributed by atoms with Crippen molar-refractivity contribution in [2.45, 2.75) is 0 Å². The molecule has 0 spiro atoms. The molecular weight excluding hydrogens is 917 g/mol. The molecule has 0 N–H and O–H groups in total. The molecule has 0 aliphatic heterocycles. The molecule has 0 aliphatic rings. The molecular formula is C69H42N4O2. The lowest BCUT2D eigenvalue weighted by molar-refractivity contribution is 0.668. The lowest BCUT2D eigenvalue weighted by Gasteiger charge is -2.16. The average Bonchev–Trinajstić information content (AvgIpc) is 4.21. The number of furan rings is 2. The molecule has 0 aliphatic carbocycles. The largest absolute Gasteiger partial charge is 0.456 e. The van der Waals surface area contributed by atoms with E-state index in [0.29, 0.717) is 23.1 Å². The Balaban J connectivity index is 0.893. The first-order chi connectivity index (χ1) is 37.2. The van der Waals surface area contributed by atoms with Gasteiger partial charge in [0.1, 0.15) is 22.3 Å². The second-order valence-electron chi connectivity index (χ2n) is 19.1. The van der Waals surface area contributed by atoms with E-state index in [2.05, 4.69) is 211 Å². The summed E-state index contributed by atoms with van der Waals surface area (Å²) >= 11 is 0. The number of rotatable bonds is 8. The van der Waals surface area contributed by atoms with Gasteiger partial charge in [0.05, 0.1) is 22.3 Å². The highest BCUT2D eigenvalue weighted by atomic mass is 16.3. The smallest absolute Gasteiger partial charge is 0.167 e. The van der Waals surface area contributed by atoms with E-state index in [1.807, 2.05) is 48.5 Å². The molecule has 6 nitrogen and oxygen atoms in total. The van der Waals surface area contributed by atoms with Crippen LogP contribution in [0.15, 0.2) is 264 Å². The summed E-state index contributed by atoms with van der Waals surface area (Å²) in [7, 11) is 0. The first-order valence-electron chi connectivity index (χ1n) is 25.2. The van der Waals surface area contributed by atoms with Crippen LogP contribution in [0.1, 0.15) is 0 Å². The van der Waals surface area contributed by atoms with E-state index in [1.165, 1.54) is 21.9 Å². The molecule has 0 amide bonds. The van der Waals surface area contributed by atoms with Crippen molar-refractivity contribution in [2.24, 2.45) is 0 Å². The number of para-hydroxylation sites is 3. The van der Waals surface area contributed by atoms with Gasteiger partial charge in [0.15, 0.2) is 17.5 Å². The first-order valence-corrected chi connectivity index (χ1v) is 25.2. The first kappa shape index (κ1) is 42.5. The summed E-state index contributed by atoms with van der Waals surface area (Å²) in [5, 5.41) is 6.53. The third-order valence-electron chi connectivity index (χ3n) is 14.7. The number of aromatic nitrogens is 4. The summed E-state index contributed by atoms with van der Waals surface area (Å²) in [4.78, 5) is 15.4. The van der Waals surface area contributed by atoms with Gasteiger partial charge in [-0.2, -0.15) is 0 Å². The molecule has 6 heteroatoms. The SMILES string of the molecule is c1ccc(-c2ccc(-c3nc(-c4ccccc4)nc(-c4cccc5c4oc4cccc(-c6cccc(-c7cc8c(cc7-n7c9ccccc9c9cc(-c%10ccccc%10)ccc97)oc7ccccc78)c6)c45)n3)cc2)cc1. The molecule has 0 fully saturated rings. The fraction of sp³-hybridized carbons (Fsp3) is 0. The molecule has 350 valence electrons. The molecule has 4 aromatic heterocycles. The van der Waals surface area contributed by atoms with Crippen molar-refractivity contribution in [2.75, 3.05) is 0 Å². The minimum Gasteiger partial charge on any atom is -0.456 e. The summed E-state index contributed by atoms with van der Waals surface area (Å²) in [6, 6.07) is 89.4. The van der Waals surface area contributed by atoms with Gasteiger partial charge >= 0.3 is 0 Å². The summed E-state index contributed by atoms with van der Waals surface area (Å²) in [6.07, 6.45) is 0. The fourth-order valence-electron chi connectivity index (χ4n) is 11.1. The van der Waals surface area contributed by atoms with Crippen LogP contribution in [-0.2, 0) is 0 Å². The molecule has 75 heavy (non-hydrogen) atoms. The predicted octanol–water partition coefficient (Wildman–Crippen LogP) is 18.4. The van der Waals surface area contributed by atoms with Gasteiger partial charge in [0, 0.05) is 55.1 Å². The Morgan fingerprint density at radius 2 is 0.787 bits per heavy atom. The Morgan fingerprint density at radius 3 is 1.56 bits per heavy atom. The van der Waals surface area contributed by atoms with Crippen LogP contribution >= 0.6 is 0 Å². The maximum Gasteiger partial charge on any atom is 0.167 e. The van der Waals surface area contributed by atoms with E-state index in [0.717, 1.165) is 105 Å². The van der Waals surface area contributed by atoms with Gasteiger partial charge in [-0.05, 0) is 87.5 Å². The van der Waals surface area contributed by atoms with E-state index < -0.39 is 0 Å². The zero-order chi connectivity index (χ0) is 49.4. The topological polar surface area (TPSA) is 69.9 Å². The van der Waals surface area contributed by atoms with Gasteiger partial charge in [-0.15, -0.1) is 0 Å². The van der Waals surface area contributed by atoms with Crippen molar-refractivity contribution < 1.29 is 8.83 Å². The van der Waals surface area contributed by atoms with Crippen LogP contribution in [0.3, 0.4) is 0 Å². The van der Waals surface area contributed by atoms with Crippen molar-refractivity contribution in [1.82, 2.24) is 19.5 Å². The predicted molar refractivity (Wildman–Crippen MR) is 307 cm³/mol. The summed E-state index contributed by atoms with van der Waals surface area (Å²) in [5.41, 5.74) is 18.0. The van der Waals surface area contributed by atoms with Crippen LogP contribution in [-0.4, -0.2) is 19.5 Å². The van der Waals surface area contributed by atoms with Gasteiger partial charge in [-0.3, -0.25) is 0 Å². The van der Waals surface area contributed by atoms with Crippen LogP contribution < -0.4 is 0 Å². The molecule has 11 aromatic carbocycles. The molecule has 0 bridgehead atoms. The van der Waals surface area contributed by atoms with Crippen LogP contribution in [0.4, 0.5) is 0 Å². The average molecular weight is 959 g/mol. The Kier molecular flexibility index (Phi) is 9.78. The van der Waals surface area contributed by atoms with E-state index >= 15 is 0 Å². The Labute approximate surface area is 431 Å². The minimum absolute atomic E-state index is 0.537. The molecule has 0 saturated carbocycles. The third-order valence-corrected chi connectivity index (χ3v) is 14.7. The van der Waals surface area contributed by atoms with Crippen molar-refractivity contribution in [3.05, 3.63) is 255 Å². The van der Waals surface area contributed by atoms with E-state index in [1.54, 1.807) is 0 Å². The molecule has 0 atom stereocenters. The summed E-state index contributed by atoms with van der Waals surface area (Å²) < 4.78 is 16.0. The van der Waals surface area contributed by atoms with Crippen molar-refractivity contribution >= 4 is 65.7 Å². The molecule has 4 heterocycles. The molecule has 0 radical (unpaired) electrons. The van der Waals surface area contributed by atoms with Gasteiger partial charge in [-0.1, -0.05) is 200 Å². The number of hydrogen-bond donors (Lipinski definition) is 0. The second-order valence-corrected chi connectivity index (χ2v) is 19.1. The number of fused-ring (bicyclic) bond motifs is 9. The standard InChI is InChI=1S/C69H42N4O2/c1-4-17-43(18-5-1)45-33-35-47(36-34-45)68-70-67(46-21-8-3-9-22-46)71-69(72-68)55-29-15-28-54-65-51(27-16-32-63(65)75-66(54)55)49-23-14-24-50(39-49)56-41-58-53-26-11-13-31-62(53)74-64(58)42-61(56)73-59-30-12-10-25-52(59)57-40-48(37-38-60(57)73)44-19-6-2-7-20-44/h1-42H. The number of benzene rings is 11. The highest BCUT2D eigenvalue weighted by Gasteiger charge is 2.23. The van der Waals surface area contributed by atoms with Gasteiger partial charge in [-0.25, -0.2) is 15.0 Å². The normalized spacial score (nSPS) is 11.7. The van der Waals surface area contributed by atoms with E-state index in [-0.39, 0.29) is 0 Å².